The van der Waals surface area contributed by atoms with Crippen molar-refractivity contribution in [2.75, 3.05) is 18.6 Å². The third-order valence-electron chi connectivity index (χ3n) is 2.94. The number of aliphatic carboxylic acids is 1. The molecule has 0 aromatic heterocycles. The van der Waals surface area contributed by atoms with Gasteiger partial charge in [0.15, 0.2) is 0 Å². The Kier molecular flexibility index (Phi) is 4.69. The number of rotatable bonds is 5. The van der Waals surface area contributed by atoms with Gasteiger partial charge in [-0.15, -0.1) is 0 Å². The number of hydrogen-bond donors (Lipinski definition) is 2. The van der Waals surface area contributed by atoms with Crippen LogP contribution in [0.1, 0.15) is 19.3 Å². The zero-order valence-corrected chi connectivity index (χ0v) is 11.0. The minimum Gasteiger partial charge on any atom is -0.480 e. The predicted molar refractivity (Wildman–Crippen MR) is 64.7 cm³/mol. The Labute approximate surface area is 106 Å². The van der Waals surface area contributed by atoms with Crippen LogP contribution < -0.4 is 5.73 Å². The summed E-state index contributed by atoms with van der Waals surface area (Å²) in [5.41, 5.74) is 5.62. The number of carboxylic acids is 1. The first-order chi connectivity index (χ1) is 8.22. The summed E-state index contributed by atoms with van der Waals surface area (Å²) in [5.74, 6) is -1.70. The van der Waals surface area contributed by atoms with E-state index in [1.807, 2.05) is 0 Å². The van der Waals surface area contributed by atoms with Gasteiger partial charge in [-0.1, -0.05) is 0 Å². The number of sulfone groups is 1. The van der Waals surface area contributed by atoms with E-state index >= 15 is 0 Å². The van der Waals surface area contributed by atoms with Gasteiger partial charge in [0.05, 0.1) is 11.8 Å². The number of carboxylic acid groups (broad SMARTS) is 1. The van der Waals surface area contributed by atoms with E-state index in [2.05, 4.69) is 0 Å². The summed E-state index contributed by atoms with van der Waals surface area (Å²) < 4.78 is 22.0. The number of nitrogens with zero attached hydrogens (tertiary/aromatic N) is 1. The van der Waals surface area contributed by atoms with Crippen LogP contribution in [0.4, 0.5) is 0 Å². The van der Waals surface area contributed by atoms with Gasteiger partial charge in [-0.05, 0) is 19.3 Å². The second-order valence-corrected chi connectivity index (χ2v) is 6.81. The van der Waals surface area contributed by atoms with Gasteiger partial charge in [-0.3, -0.25) is 4.79 Å². The Morgan fingerprint density at radius 3 is 2.61 bits per heavy atom. The van der Waals surface area contributed by atoms with Crippen molar-refractivity contribution in [2.45, 2.75) is 31.3 Å². The molecule has 1 fully saturated rings. The molecule has 1 rings (SSSR count). The maximum Gasteiger partial charge on any atom is 0.326 e. The zero-order chi connectivity index (χ0) is 13.9. The largest absolute Gasteiger partial charge is 0.480 e. The molecule has 8 heteroatoms. The number of carbonyl (C=O) groups excluding carboxylic acids is 1. The van der Waals surface area contributed by atoms with E-state index in [0.29, 0.717) is 19.4 Å². The monoisotopic (exact) mass is 278 g/mol. The first kappa shape index (κ1) is 14.9. The van der Waals surface area contributed by atoms with Crippen LogP contribution in [0.2, 0.25) is 0 Å². The lowest BCUT2D eigenvalue weighted by molar-refractivity contribution is -0.148. The smallest absolute Gasteiger partial charge is 0.326 e. The van der Waals surface area contributed by atoms with Crippen LogP contribution in [-0.4, -0.2) is 60.9 Å². The van der Waals surface area contributed by atoms with Crippen molar-refractivity contribution in [1.82, 2.24) is 4.90 Å². The minimum atomic E-state index is -3.17. The molecule has 1 unspecified atom stereocenters. The molecule has 1 heterocycles. The van der Waals surface area contributed by atoms with Gasteiger partial charge < -0.3 is 15.7 Å². The van der Waals surface area contributed by atoms with Crippen molar-refractivity contribution < 1.29 is 23.1 Å². The van der Waals surface area contributed by atoms with E-state index in [9.17, 15) is 18.0 Å². The molecule has 1 saturated heterocycles. The maximum atomic E-state index is 11.9. The predicted octanol–water partition coefficient (Wildman–Crippen LogP) is -1.18. The SMILES string of the molecule is CS(=O)(=O)CCC(N)C(=O)N1CCC[C@H]1C(=O)O. The normalized spacial score (nSPS) is 21.9. The summed E-state index contributed by atoms with van der Waals surface area (Å²) in [6, 6.07) is -1.79. The summed E-state index contributed by atoms with van der Waals surface area (Å²) in [4.78, 5) is 24.1. The van der Waals surface area contributed by atoms with Crippen LogP contribution in [0.15, 0.2) is 0 Å². The van der Waals surface area contributed by atoms with Crippen molar-refractivity contribution >= 4 is 21.7 Å². The van der Waals surface area contributed by atoms with E-state index in [1.54, 1.807) is 0 Å². The molecule has 7 nitrogen and oxygen atoms in total. The topological polar surface area (TPSA) is 118 Å². The van der Waals surface area contributed by atoms with Crippen molar-refractivity contribution in [3.05, 3.63) is 0 Å². The van der Waals surface area contributed by atoms with Gasteiger partial charge in [0.1, 0.15) is 15.9 Å². The van der Waals surface area contributed by atoms with Crippen LogP contribution >= 0.6 is 0 Å². The summed E-state index contributed by atoms with van der Waals surface area (Å²) >= 11 is 0. The highest BCUT2D eigenvalue weighted by Crippen LogP contribution is 2.18. The average molecular weight is 278 g/mol. The number of likely N-dealkylation sites (tertiary alicyclic amines) is 1. The van der Waals surface area contributed by atoms with Gasteiger partial charge in [-0.2, -0.15) is 0 Å². The molecule has 0 aromatic carbocycles. The fraction of sp³-hybridized carbons (Fsp3) is 0.800. The van der Waals surface area contributed by atoms with E-state index in [4.69, 9.17) is 10.8 Å². The molecule has 18 heavy (non-hydrogen) atoms. The van der Waals surface area contributed by atoms with Crippen LogP contribution in [0.5, 0.6) is 0 Å². The summed E-state index contributed by atoms with van der Waals surface area (Å²) in [5, 5.41) is 8.94. The Morgan fingerprint density at radius 2 is 2.11 bits per heavy atom. The van der Waals surface area contributed by atoms with E-state index in [0.717, 1.165) is 6.26 Å². The van der Waals surface area contributed by atoms with Crippen molar-refractivity contribution in [1.29, 1.82) is 0 Å². The number of hydrogen-bond acceptors (Lipinski definition) is 5. The van der Waals surface area contributed by atoms with Gasteiger partial charge in [0, 0.05) is 12.8 Å². The lowest BCUT2D eigenvalue weighted by atomic mass is 10.2. The first-order valence-corrected chi connectivity index (χ1v) is 7.75. The second-order valence-electron chi connectivity index (χ2n) is 4.55. The molecule has 2 atom stereocenters. The van der Waals surface area contributed by atoms with Crippen molar-refractivity contribution in [2.24, 2.45) is 5.73 Å². The molecule has 0 aromatic rings. The highest BCUT2D eigenvalue weighted by atomic mass is 32.2. The number of carbonyl (C=O) groups is 2. The Balaban J connectivity index is 2.60. The van der Waals surface area contributed by atoms with E-state index < -0.39 is 33.8 Å². The summed E-state index contributed by atoms with van der Waals surface area (Å²) in [7, 11) is -3.17. The van der Waals surface area contributed by atoms with Crippen molar-refractivity contribution in [3.63, 3.8) is 0 Å². The molecule has 0 aliphatic carbocycles. The van der Waals surface area contributed by atoms with Crippen LogP contribution in [0, 0.1) is 0 Å². The molecule has 0 radical (unpaired) electrons. The zero-order valence-electron chi connectivity index (χ0n) is 10.2. The molecule has 1 aliphatic rings. The van der Waals surface area contributed by atoms with Gasteiger partial charge in [0.25, 0.3) is 0 Å². The number of amides is 1. The fourth-order valence-corrected chi connectivity index (χ4v) is 2.65. The van der Waals surface area contributed by atoms with E-state index in [1.165, 1.54) is 4.90 Å². The lowest BCUT2D eigenvalue weighted by Gasteiger charge is -2.24. The van der Waals surface area contributed by atoms with Crippen molar-refractivity contribution in [3.8, 4) is 0 Å². The fourth-order valence-electron chi connectivity index (χ4n) is 1.96. The van der Waals surface area contributed by atoms with Crippen LogP contribution in [0.25, 0.3) is 0 Å². The molecule has 0 spiro atoms. The van der Waals surface area contributed by atoms with Crippen LogP contribution in [-0.2, 0) is 19.4 Å². The Morgan fingerprint density at radius 1 is 1.50 bits per heavy atom. The van der Waals surface area contributed by atoms with E-state index in [-0.39, 0.29) is 12.2 Å². The molecule has 1 amide bonds. The standard InChI is InChI=1S/C10H18N2O5S/c1-18(16,17)6-4-7(11)9(13)12-5-2-3-8(12)10(14)15/h7-8H,2-6,11H2,1H3,(H,14,15)/t7?,8-/m0/s1. The summed E-state index contributed by atoms with van der Waals surface area (Å²) in [6.45, 7) is 0.363. The third kappa shape index (κ3) is 3.95. The molecule has 1 aliphatic heterocycles. The van der Waals surface area contributed by atoms with Gasteiger partial charge >= 0.3 is 5.97 Å². The molecule has 0 saturated carbocycles. The molecule has 0 bridgehead atoms. The maximum absolute atomic E-state index is 11.9. The first-order valence-electron chi connectivity index (χ1n) is 5.69. The Bertz CT molecular complexity index is 434. The highest BCUT2D eigenvalue weighted by molar-refractivity contribution is 7.90. The Hall–Kier alpha value is -1.15. The average Bonchev–Trinajstić information content (AvgIpc) is 2.72. The van der Waals surface area contributed by atoms with Crippen LogP contribution in [0.3, 0.4) is 0 Å². The molecular formula is C10H18N2O5S. The molecular weight excluding hydrogens is 260 g/mol. The third-order valence-corrected chi connectivity index (χ3v) is 3.92. The van der Waals surface area contributed by atoms with Gasteiger partial charge in [-0.25, -0.2) is 13.2 Å². The lowest BCUT2D eigenvalue weighted by Crippen LogP contribution is -2.48. The van der Waals surface area contributed by atoms with Gasteiger partial charge in [0.2, 0.25) is 5.91 Å². The minimum absolute atomic E-state index is 0.0144. The number of nitrogens with two attached hydrogens (primary N) is 1. The molecule has 104 valence electrons. The highest BCUT2D eigenvalue weighted by Gasteiger charge is 2.36. The second kappa shape index (κ2) is 5.66. The quantitative estimate of drug-likeness (QED) is 0.654. The molecule has 3 N–H and O–H groups in total. The summed E-state index contributed by atoms with van der Waals surface area (Å²) in [6.07, 6.45) is 2.13.